The largest absolute Gasteiger partial charge is 0.497 e. The lowest BCUT2D eigenvalue weighted by Gasteiger charge is -2.15. The molecule has 0 heterocycles. The number of carbonyl (C=O) groups excluding carboxylic acids is 2. The van der Waals surface area contributed by atoms with Crippen molar-refractivity contribution in [2.75, 3.05) is 12.4 Å². The SMILES string of the molecule is COc1ccc(/C=C/C(=O)NC(C)C(=O)Nc2ccccc2OC(F)F)cc1. The van der Waals surface area contributed by atoms with Gasteiger partial charge in [0.2, 0.25) is 11.8 Å². The lowest BCUT2D eigenvalue weighted by Crippen LogP contribution is -2.40. The van der Waals surface area contributed by atoms with E-state index in [-0.39, 0.29) is 11.4 Å². The van der Waals surface area contributed by atoms with Crippen LogP contribution in [0.4, 0.5) is 14.5 Å². The third-order valence-corrected chi connectivity index (χ3v) is 3.66. The second-order valence-corrected chi connectivity index (χ2v) is 5.70. The van der Waals surface area contributed by atoms with E-state index >= 15 is 0 Å². The zero-order valence-corrected chi connectivity index (χ0v) is 15.3. The predicted molar refractivity (Wildman–Crippen MR) is 101 cm³/mol. The van der Waals surface area contributed by atoms with E-state index in [1.54, 1.807) is 43.5 Å². The summed E-state index contributed by atoms with van der Waals surface area (Å²) in [5, 5.41) is 4.96. The van der Waals surface area contributed by atoms with Crippen LogP contribution >= 0.6 is 0 Å². The van der Waals surface area contributed by atoms with E-state index < -0.39 is 24.5 Å². The number of hydrogen-bond donors (Lipinski definition) is 2. The van der Waals surface area contributed by atoms with Crippen LogP contribution in [0.2, 0.25) is 0 Å². The second kappa shape index (κ2) is 10.1. The fourth-order valence-corrected chi connectivity index (χ4v) is 2.22. The van der Waals surface area contributed by atoms with Crippen LogP contribution in [0.5, 0.6) is 11.5 Å². The van der Waals surface area contributed by atoms with Crippen LogP contribution in [0.1, 0.15) is 12.5 Å². The minimum atomic E-state index is -3.02. The molecule has 0 aliphatic heterocycles. The molecule has 8 heteroatoms. The summed E-state index contributed by atoms with van der Waals surface area (Å²) in [4.78, 5) is 24.2. The van der Waals surface area contributed by atoms with E-state index in [4.69, 9.17) is 4.74 Å². The number of methoxy groups -OCH3 is 1. The summed E-state index contributed by atoms with van der Waals surface area (Å²) in [7, 11) is 1.56. The number of benzene rings is 2. The molecule has 0 aliphatic rings. The third-order valence-electron chi connectivity index (χ3n) is 3.66. The van der Waals surface area contributed by atoms with Gasteiger partial charge in [-0.15, -0.1) is 0 Å². The summed E-state index contributed by atoms with van der Waals surface area (Å²) in [5.74, 6) is -0.515. The molecule has 0 radical (unpaired) electrons. The van der Waals surface area contributed by atoms with Crippen molar-refractivity contribution in [3.63, 3.8) is 0 Å². The minimum Gasteiger partial charge on any atom is -0.497 e. The first-order chi connectivity index (χ1) is 13.4. The summed E-state index contributed by atoms with van der Waals surface area (Å²) >= 11 is 0. The summed E-state index contributed by atoms with van der Waals surface area (Å²) in [6.45, 7) is -1.54. The van der Waals surface area contributed by atoms with Gasteiger partial charge in [0.05, 0.1) is 12.8 Å². The van der Waals surface area contributed by atoms with Crippen molar-refractivity contribution < 1.29 is 27.8 Å². The Morgan fingerprint density at radius 2 is 1.75 bits per heavy atom. The number of para-hydroxylation sites is 2. The number of halogens is 2. The summed E-state index contributed by atoms with van der Waals surface area (Å²) < 4.78 is 34.3. The van der Waals surface area contributed by atoms with Gasteiger partial charge in [-0.2, -0.15) is 8.78 Å². The highest BCUT2D eigenvalue weighted by molar-refractivity contribution is 6.00. The Kier molecular flexibility index (Phi) is 7.50. The van der Waals surface area contributed by atoms with Crippen molar-refractivity contribution in [3.05, 3.63) is 60.2 Å². The molecule has 0 spiro atoms. The molecule has 0 saturated heterocycles. The number of amides is 2. The Morgan fingerprint density at radius 1 is 1.07 bits per heavy atom. The number of nitrogens with one attached hydrogen (secondary N) is 2. The number of hydrogen-bond acceptors (Lipinski definition) is 4. The van der Waals surface area contributed by atoms with Crippen molar-refractivity contribution >= 4 is 23.6 Å². The first-order valence-corrected chi connectivity index (χ1v) is 8.36. The molecule has 2 aromatic carbocycles. The molecule has 148 valence electrons. The maximum absolute atomic E-state index is 12.4. The van der Waals surface area contributed by atoms with Gasteiger partial charge in [-0.3, -0.25) is 9.59 Å². The van der Waals surface area contributed by atoms with Gasteiger partial charge in [-0.05, 0) is 42.8 Å². The molecule has 2 amide bonds. The zero-order valence-electron chi connectivity index (χ0n) is 15.3. The normalized spacial score (nSPS) is 11.9. The molecule has 0 saturated carbocycles. The second-order valence-electron chi connectivity index (χ2n) is 5.70. The highest BCUT2D eigenvalue weighted by atomic mass is 19.3. The summed E-state index contributed by atoms with van der Waals surface area (Å²) in [5.41, 5.74) is 0.869. The molecule has 0 fully saturated rings. The van der Waals surface area contributed by atoms with Gasteiger partial charge < -0.3 is 20.1 Å². The van der Waals surface area contributed by atoms with Crippen LogP contribution in [0.3, 0.4) is 0 Å². The van der Waals surface area contributed by atoms with E-state index in [1.807, 2.05) is 0 Å². The molecule has 6 nitrogen and oxygen atoms in total. The van der Waals surface area contributed by atoms with Crippen molar-refractivity contribution in [3.8, 4) is 11.5 Å². The van der Waals surface area contributed by atoms with Gasteiger partial charge in [0.1, 0.15) is 17.5 Å². The van der Waals surface area contributed by atoms with Crippen LogP contribution in [-0.2, 0) is 9.59 Å². The Bertz CT molecular complexity index is 838. The lowest BCUT2D eigenvalue weighted by atomic mass is 10.2. The van der Waals surface area contributed by atoms with Crippen LogP contribution in [-0.4, -0.2) is 31.6 Å². The van der Waals surface area contributed by atoms with Gasteiger partial charge >= 0.3 is 6.61 Å². The number of carbonyl (C=O) groups is 2. The molecule has 0 aromatic heterocycles. The highest BCUT2D eigenvalue weighted by Gasteiger charge is 2.17. The highest BCUT2D eigenvalue weighted by Crippen LogP contribution is 2.25. The van der Waals surface area contributed by atoms with Crippen LogP contribution in [0, 0.1) is 0 Å². The maximum Gasteiger partial charge on any atom is 0.387 e. The van der Waals surface area contributed by atoms with Crippen molar-refractivity contribution in [2.45, 2.75) is 19.6 Å². The average Bonchev–Trinajstić information content (AvgIpc) is 2.67. The molecule has 1 atom stereocenters. The Morgan fingerprint density at radius 3 is 2.39 bits per heavy atom. The monoisotopic (exact) mass is 390 g/mol. The first kappa shape index (κ1) is 20.9. The van der Waals surface area contributed by atoms with Gasteiger partial charge in [-0.1, -0.05) is 24.3 Å². The smallest absolute Gasteiger partial charge is 0.387 e. The standard InChI is InChI=1S/C20H20F2N2O4/c1-13(19(26)24-16-5-3-4-6-17(16)28-20(21)22)23-18(25)12-9-14-7-10-15(27-2)11-8-14/h3-13,20H,1-2H3,(H,23,25)(H,24,26)/b12-9+. The average molecular weight is 390 g/mol. The lowest BCUT2D eigenvalue weighted by molar-refractivity contribution is -0.123. The fourth-order valence-electron chi connectivity index (χ4n) is 2.22. The molecular weight excluding hydrogens is 370 g/mol. The molecule has 2 aromatic rings. The summed E-state index contributed by atoms with van der Waals surface area (Å²) in [6.07, 6.45) is 2.88. The third kappa shape index (κ3) is 6.39. The first-order valence-electron chi connectivity index (χ1n) is 8.36. The van der Waals surface area contributed by atoms with E-state index in [9.17, 15) is 18.4 Å². The van der Waals surface area contributed by atoms with Crippen molar-refractivity contribution in [2.24, 2.45) is 0 Å². The van der Waals surface area contributed by atoms with Gasteiger partial charge in [-0.25, -0.2) is 0 Å². The molecule has 0 aliphatic carbocycles. The molecular formula is C20H20F2N2O4. The maximum atomic E-state index is 12.4. The van der Waals surface area contributed by atoms with Gasteiger partial charge in [0.25, 0.3) is 0 Å². The molecule has 2 rings (SSSR count). The number of anilines is 1. The number of alkyl halides is 2. The van der Waals surface area contributed by atoms with Crippen LogP contribution < -0.4 is 20.1 Å². The minimum absolute atomic E-state index is 0.0858. The Balaban J connectivity index is 1.92. The Hall–Kier alpha value is -3.42. The van der Waals surface area contributed by atoms with Gasteiger partial charge in [0.15, 0.2) is 0 Å². The number of ether oxygens (including phenoxy) is 2. The van der Waals surface area contributed by atoms with Crippen LogP contribution in [0.25, 0.3) is 6.08 Å². The van der Waals surface area contributed by atoms with E-state index in [0.29, 0.717) is 5.75 Å². The van der Waals surface area contributed by atoms with Crippen molar-refractivity contribution in [1.29, 1.82) is 0 Å². The number of rotatable bonds is 8. The van der Waals surface area contributed by atoms with E-state index in [0.717, 1.165) is 5.56 Å². The summed E-state index contributed by atoms with van der Waals surface area (Å²) in [6, 6.07) is 12.0. The topological polar surface area (TPSA) is 76.7 Å². The molecule has 0 bridgehead atoms. The van der Waals surface area contributed by atoms with Gasteiger partial charge in [0, 0.05) is 6.08 Å². The van der Waals surface area contributed by atoms with Crippen molar-refractivity contribution in [1.82, 2.24) is 5.32 Å². The Labute approximate surface area is 161 Å². The van der Waals surface area contributed by atoms with E-state index in [1.165, 1.54) is 31.2 Å². The predicted octanol–water partition coefficient (Wildman–Crippen LogP) is 3.45. The van der Waals surface area contributed by atoms with E-state index in [2.05, 4.69) is 15.4 Å². The molecule has 2 N–H and O–H groups in total. The molecule has 28 heavy (non-hydrogen) atoms. The fraction of sp³-hybridized carbons (Fsp3) is 0.200. The van der Waals surface area contributed by atoms with Crippen LogP contribution in [0.15, 0.2) is 54.6 Å². The zero-order chi connectivity index (χ0) is 20.5. The quantitative estimate of drug-likeness (QED) is 0.677. The molecule has 1 unspecified atom stereocenters.